The first-order valence-electron chi connectivity index (χ1n) is 9.77. The Morgan fingerprint density at radius 2 is 1.68 bits per heavy atom. The molecule has 3 aromatic carbocycles. The fraction of sp³-hybridized carbons (Fsp3) is 0.0800. The fourth-order valence-electron chi connectivity index (χ4n) is 2.94. The molecule has 0 amide bonds. The van der Waals surface area contributed by atoms with Crippen LogP contribution in [0.2, 0.25) is 0 Å². The van der Waals surface area contributed by atoms with Crippen molar-refractivity contribution in [2.24, 2.45) is 5.10 Å². The summed E-state index contributed by atoms with van der Waals surface area (Å²) in [7, 11) is 1.64. The van der Waals surface area contributed by atoms with E-state index in [2.05, 4.69) is 5.10 Å². The van der Waals surface area contributed by atoms with Gasteiger partial charge in [-0.05, 0) is 29.8 Å². The highest BCUT2D eigenvalue weighted by Gasteiger charge is 2.13. The van der Waals surface area contributed by atoms with Gasteiger partial charge in [-0.1, -0.05) is 72.4 Å². The maximum atomic E-state index is 12.5. The zero-order chi connectivity index (χ0) is 21.5. The van der Waals surface area contributed by atoms with E-state index in [4.69, 9.17) is 9.72 Å². The molecule has 0 N–H and O–H groups in total. The molecule has 0 bridgehead atoms. The van der Waals surface area contributed by atoms with Crippen LogP contribution in [0.5, 0.6) is 5.75 Å². The van der Waals surface area contributed by atoms with Crippen LogP contribution in [0.4, 0.5) is 0 Å². The molecule has 4 aromatic rings. The number of thioether (sulfide) groups is 1. The van der Waals surface area contributed by atoms with E-state index in [9.17, 15) is 4.79 Å². The minimum absolute atomic E-state index is 0.0561. The van der Waals surface area contributed by atoms with Gasteiger partial charge in [0, 0.05) is 11.1 Å². The molecule has 0 spiro atoms. The van der Waals surface area contributed by atoms with Crippen LogP contribution in [0.15, 0.2) is 101 Å². The minimum atomic E-state index is 0.0561. The van der Waals surface area contributed by atoms with Crippen molar-refractivity contribution >= 4 is 23.8 Å². The Bertz CT molecular complexity index is 1170. The predicted octanol–water partition coefficient (Wildman–Crippen LogP) is 5.42. The average Bonchev–Trinajstić information content (AvgIpc) is 3.25. The molecule has 4 rings (SSSR count). The number of Topliss-reactive ketones (excluding diaryl/α,β-unsaturated/α-hetero) is 1. The number of nitrogens with zero attached hydrogens (tertiary/aromatic N) is 3. The zero-order valence-corrected chi connectivity index (χ0v) is 17.8. The molecule has 31 heavy (non-hydrogen) atoms. The number of carbonyl (C=O) groups excluding carboxylic acids is 1. The molecule has 0 saturated carbocycles. The molecule has 0 aliphatic heterocycles. The lowest BCUT2D eigenvalue weighted by Crippen LogP contribution is -2.03. The Labute approximate surface area is 185 Å². The molecule has 1 heterocycles. The molecule has 0 aliphatic carbocycles. The van der Waals surface area contributed by atoms with Crippen molar-refractivity contribution in [2.45, 2.75) is 5.16 Å². The second-order valence-corrected chi connectivity index (χ2v) is 7.66. The van der Waals surface area contributed by atoms with Crippen LogP contribution >= 0.6 is 11.8 Å². The van der Waals surface area contributed by atoms with Crippen molar-refractivity contribution in [3.63, 3.8) is 0 Å². The number of carbonyl (C=O) groups is 1. The first kappa shape index (κ1) is 20.6. The summed E-state index contributed by atoms with van der Waals surface area (Å²) in [5.41, 5.74) is 3.43. The maximum Gasteiger partial charge on any atom is 0.189 e. The topological polar surface area (TPSA) is 56.5 Å². The minimum Gasteiger partial charge on any atom is -0.497 e. The highest BCUT2D eigenvalue weighted by Crippen LogP contribution is 2.25. The Hall–Kier alpha value is -3.64. The number of methoxy groups -OCH3 is 1. The number of aromatic nitrogens is 2. The Morgan fingerprint density at radius 3 is 2.35 bits per heavy atom. The van der Waals surface area contributed by atoms with Gasteiger partial charge >= 0.3 is 0 Å². The van der Waals surface area contributed by atoms with E-state index in [1.807, 2.05) is 91.1 Å². The zero-order valence-electron chi connectivity index (χ0n) is 17.0. The van der Waals surface area contributed by atoms with Crippen LogP contribution in [0, 0.1) is 0 Å². The number of hydrogen-bond acceptors (Lipinski definition) is 5. The number of ketones is 1. The summed E-state index contributed by atoms with van der Waals surface area (Å²) >= 11 is 1.38. The molecule has 0 saturated heterocycles. The molecule has 154 valence electrons. The lowest BCUT2D eigenvalue weighted by atomic mass is 10.2. The van der Waals surface area contributed by atoms with Crippen molar-refractivity contribution in [1.29, 1.82) is 0 Å². The van der Waals surface area contributed by atoms with Gasteiger partial charge in [-0.2, -0.15) is 5.10 Å². The van der Waals surface area contributed by atoms with Gasteiger partial charge in [0.05, 0.1) is 31.0 Å². The number of rotatable bonds is 8. The van der Waals surface area contributed by atoms with Crippen LogP contribution < -0.4 is 4.74 Å². The second-order valence-electron chi connectivity index (χ2n) is 6.71. The third-order valence-corrected chi connectivity index (χ3v) is 5.54. The van der Waals surface area contributed by atoms with Gasteiger partial charge in [0.15, 0.2) is 10.9 Å². The van der Waals surface area contributed by atoms with Gasteiger partial charge in [0.1, 0.15) is 5.75 Å². The quantitative estimate of drug-likeness (QED) is 0.214. The average molecular weight is 428 g/mol. The van der Waals surface area contributed by atoms with Gasteiger partial charge in [-0.15, -0.1) is 0 Å². The van der Waals surface area contributed by atoms with Gasteiger partial charge in [0.2, 0.25) is 0 Å². The normalized spacial score (nSPS) is 11.0. The lowest BCUT2D eigenvalue weighted by molar-refractivity contribution is 0.102. The van der Waals surface area contributed by atoms with Crippen molar-refractivity contribution in [1.82, 2.24) is 9.66 Å². The number of benzene rings is 3. The second kappa shape index (κ2) is 9.91. The molecule has 0 unspecified atom stereocenters. The first-order valence-corrected chi connectivity index (χ1v) is 10.8. The predicted molar refractivity (Wildman–Crippen MR) is 125 cm³/mol. The maximum absolute atomic E-state index is 12.5. The third-order valence-electron chi connectivity index (χ3n) is 4.60. The van der Waals surface area contributed by atoms with Gasteiger partial charge in [0.25, 0.3) is 0 Å². The number of ether oxygens (including phenoxy) is 1. The van der Waals surface area contributed by atoms with E-state index in [1.54, 1.807) is 18.0 Å². The highest BCUT2D eigenvalue weighted by molar-refractivity contribution is 7.99. The summed E-state index contributed by atoms with van der Waals surface area (Å²) < 4.78 is 6.92. The molecule has 0 aliphatic rings. The van der Waals surface area contributed by atoms with Crippen LogP contribution in [0.25, 0.3) is 11.3 Å². The van der Waals surface area contributed by atoms with Crippen molar-refractivity contribution in [3.8, 4) is 17.0 Å². The lowest BCUT2D eigenvalue weighted by Gasteiger charge is -2.02. The van der Waals surface area contributed by atoms with Crippen LogP contribution in [-0.4, -0.2) is 34.5 Å². The standard InChI is InChI=1S/C25H21N3O2S/c1-30-22-14-12-19(13-15-22)16-26-28-17-23(20-8-4-2-5-9-20)27-25(28)31-18-24(29)21-10-6-3-7-11-21/h2-17H,18H2,1H3/b26-16+. The molecular formula is C25H21N3O2S. The fourth-order valence-corrected chi connectivity index (χ4v) is 3.76. The monoisotopic (exact) mass is 427 g/mol. The first-order chi connectivity index (χ1) is 15.2. The van der Waals surface area contributed by atoms with Crippen molar-refractivity contribution in [2.75, 3.05) is 12.9 Å². The Kier molecular flexibility index (Phi) is 6.59. The van der Waals surface area contributed by atoms with Crippen LogP contribution in [0.1, 0.15) is 15.9 Å². The summed E-state index contributed by atoms with van der Waals surface area (Å²) in [5, 5.41) is 5.25. The number of imidazole rings is 1. The molecular weight excluding hydrogens is 406 g/mol. The van der Waals surface area contributed by atoms with Gasteiger partial charge < -0.3 is 4.74 Å². The Balaban J connectivity index is 1.58. The van der Waals surface area contributed by atoms with Crippen LogP contribution in [-0.2, 0) is 0 Å². The Morgan fingerprint density at radius 1 is 1.00 bits per heavy atom. The summed E-state index contributed by atoms with van der Waals surface area (Å²) in [6.45, 7) is 0. The molecule has 5 nitrogen and oxygen atoms in total. The molecule has 0 atom stereocenters. The van der Waals surface area contributed by atoms with E-state index in [0.717, 1.165) is 22.6 Å². The smallest absolute Gasteiger partial charge is 0.189 e. The van der Waals surface area contributed by atoms with Gasteiger partial charge in [-0.25, -0.2) is 9.66 Å². The summed E-state index contributed by atoms with van der Waals surface area (Å²) in [4.78, 5) is 17.3. The van der Waals surface area contributed by atoms with Crippen molar-refractivity contribution < 1.29 is 9.53 Å². The SMILES string of the molecule is COc1ccc(/C=N/n2cc(-c3ccccc3)nc2SCC(=O)c2ccccc2)cc1. The van der Waals surface area contributed by atoms with E-state index >= 15 is 0 Å². The third kappa shape index (κ3) is 5.29. The highest BCUT2D eigenvalue weighted by atomic mass is 32.2. The number of hydrogen-bond donors (Lipinski definition) is 0. The molecule has 0 radical (unpaired) electrons. The van der Waals surface area contributed by atoms with E-state index < -0.39 is 0 Å². The summed E-state index contributed by atoms with van der Waals surface area (Å²) in [6, 6.07) is 26.8. The molecule has 1 aromatic heterocycles. The van der Waals surface area contributed by atoms with Gasteiger partial charge in [-0.3, -0.25) is 4.79 Å². The van der Waals surface area contributed by atoms with E-state index in [1.165, 1.54) is 11.8 Å². The largest absolute Gasteiger partial charge is 0.497 e. The van der Waals surface area contributed by atoms with E-state index in [0.29, 0.717) is 10.7 Å². The summed E-state index contributed by atoms with van der Waals surface area (Å²) in [6.07, 6.45) is 3.64. The summed E-state index contributed by atoms with van der Waals surface area (Å²) in [5.74, 6) is 1.13. The van der Waals surface area contributed by atoms with Crippen LogP contribution in [0.3, 0.4) is 0 Å². The molecule has 0 fully saturated rings. The van der Waals surface area contributed by atoms with Crippen molar-refractivity contribution in [3.05, 3.63) is 102 Å². The molecule has 6 heteroatoms. The van der Waals surface area contributed by atoms with E-state index in [-0.39, 0.29) is 11.5 Å².